The first-order chi connectivity index (χ1) is 9.10. The summed E-state index contributed by atoms with van der Waals surface area (Å²) in [6, 6.07) is 4.87. The van der Waals surface area contributed by atoms with Crippen LogP contribution in [0.25, 0.3) is 0 Å². The molecular weight excluding hydrogens is 269 g/mol. The topological polar surface area (TPSA) is 55.4 Å². The third kappa shape index (κ3) is 4.55. The van der Waals surface area contributed by atoms with Crippen LogP contribution in [0.1, 0.15) is 16.8 Å². The molecule has 0 aliphatic carbocycles. The number of carbonyl (C=O) groups is 2. The summed E-state index contributed by atoms with van der Waals surface area (Å²) < 4.78 is 18.1. The number of methoxy groups -OCH3 is 1. The Morgan fingerprint density at radius 3 is 2.68 bits per heavy atom. The van der Waals surface area contributed by atoms with Gasteiger partial charge < -0.3 is 10.1 Å². The van der Waals surface area contributed by atoms with E-state index in [0.717, 1.165) is 0 Å². The monoisotopic (exact) mass is 285 g/mol. The van der Waals surface area contributed by atoms with Crippen molar-refractivity contribution in [2.24, 2.45) is 0 Å². The second-order valence-corrected chi connectivity index (χ2v) is 4.80. The van der Waals surface area contributed by atoms with E-state index in [1.165, 1.54) is 25.3 Å². The van der Waals surface area contributed by atoms with E-state index in [4.69, 9.17) is 0 Å². The standard InChI is InChI=1S/C13H16FNO3S/c1-18-13(17)11(7-8-19-2)15-12(16)9-5-3-4-6-10(9)14/h3-6,11H,7-8H2,1-2H3,(H,15,16). The Labute approximate surface area is 115 Å². The second kappa shape index (κ2) is 7.78. The van der Waals surface area contributed by atoms with Gasteiger partial charge in [-0.2, -0.15) is 11.8 Å². The van der Waals surface area contributed by atoms with Crippen LogP contribution in [0.5, 0.6) is 0 Å². The summed E-state index contributed by atoms with van der Waals surface area (Å²) >= 11 is 1.55. The highest BCUT2D eigenvalue weighted by atomic mass is 32.2. The van der Waals surface area contributed by atoms with Gasteiger partial charge in [0.15, 0.2) is 0 Å². The molecule has 4 nitrogen and oxygen atoms in total. The van der Waals surface area contributed by atoms with E-state index in [0.29, 0.717) is 12.2 Å². The van der Waals surface area contributed by atoms with E-state index in [1.807, 2.05) is 6.26 Å². The number of nitrogens with one attached hydrogen (secondary N) is 1. The van der Waals surface area contributed by atoms with Gasteiger partial charge in [-0.05, 0) is 30.6 Å². The predicted molar refractivity (Wildman–Crippen MR) is 72.7 cm³/mol. The minimum Gasteiger partial charge on any atom is -0.467 e. The number of ether oxygens (including phenoxy) is 1. The summed E-state index contributed by atoms with van der Waals surface area (Å²) in [7, 11) is 1.25. The summed E-state index contributed by atoms with van der Waals surface area (Å²) in [5.74, 6) is -1.07. The fourth-order valence-electron chi connectivity index (χ4n) is 1.51. The van der Waals surface area contributed by atoms with Crippen LogP contribution in [0, 0.1) is 5.82 Å². The fraction of sp³-hybridized carbons (Fsp3) is 0.385. The summed E-state index contributed by atoms with van der Waals surface area (Å²) in [6.07, 6.45) is 2.33. The maximum absolute atomic E-state index is 13.4. The molecule has 1 unspecified atom stereocenters. The van der Waals surface area contributed by atoms with Crippen molar-refractivity contribution < 1.29 is 18.7 Å². The van der Waals surface area contributed by atoms with Gasteiger partial charge in [0.2, 0.25) is 0 Å². The van der Waals surface area contributed by atoms with Gasteiger partial charge in [-0.1, -0.05) is 12.1 Å². The molecule has 0 saturated heterocycles. The van der Waals surface area contributed by atoms with Gasteiger partial charge in [-0.25, -0.2) is 9.18 Å². The molecular formula is C13H16FNO3S. The van der Waals surface area contributed by atoms with E-state index in [-0.39, 0.29) is 5.56 Å². The lowest BCUT2D eigenvalue weighted by Gasteiger charge is -2.16. The maximum atomic E-state index is 13.4. The van der Waals surface area contributed by atoms with E-state index < -0.39 is 23.7 Å². The average molecular weight is 285 g/mol. The van der Waals surface area contributed by atoms with Crippen molar-refractivity contribution in [2.45, 2.75) is 12.5 Å². The van der Waals surface area contributed by atoms with Crippen LogP contribution < -0.4 is 5.32 Å². The van der Waals surface area contributed by atoms with Crippen LogP contribution in [0.15, 0.2) is 24.3 Å². The molecule has 0 radical (unpaired) electrons. The molecule has 0 aliphatic heterocycles. The van der Waals surface area contributed by atoms with Gasteiger partial charge in [-0.3, -0.25) is 4.79 Å². The van der Waals surface area contributed by atoms with Crippen LogP contribution in [-0.4, -0.2) is 37.0 Å². The number of halogens is 1. The van der Waals surface area contributed by atoms with Crippen molar-refractivity contribution in [3.05, 3.63) is 35.6 Å². The molecule has 1 aromatic carbocycles. The normalized spacial score (nSPS) is 11.7. The molecule has 0 spiro atoms. The van der Waals surface area contributed by atoms with Crippen LogP contribution in [-0.2, 0) is 9.53 Å². The van der Waals surface area contributed by atoms with Crippen molar-refractivity contribution >= 4 is 23.6 Å². The molecule has 0 bridgehead atoms. The van der Waals surface area contributed by atoms with Gasteiger partial charge in [0, 0.05) is 0 Å². The Morgan fingerprint density at radius 1 is 1.42 bits per heavy atom. The lowest BCUT2D eigenvalue weighted by Crippen LogP contribution is -2.42. The number of carbonyl (C=O) groups excluding carboxylic acids is 2. The zero-order valence-electron chi connectivity index (χ0n) is 10.8. The van der Waals surface area contributed by atoms with Gasteiger partial charge in [0.1, 0.15) is 11.9 Å². The molecule has 1 atom stereocenters. The second-order valence-electron chi connectivity index (χ2n) is 3.81. The molecule has 0 aromatic heterocycles. The fourth-order valence-corrected chi connectivity index (χ4v) is 1.98. The van der Waals surface area contributed by atoms with Crippen molar-refractivity contribution in [2.75, 3.05) is 19.1 Å². The number of hydrogen-bond acceptors (Lipinski definition) is 4. The quantitative estimate of drug-likeness (QED) is 0.810. The third-order valence-corrected chi connectivity index (χ3v) is 3.16. The molecule has 1 aromatic rings. The summed E-state index contributed by atoms with van der Waals surface area (Å²) in [5.41, 5.74) is -0.0828. The summed E-state index contributed by atoms with van der Waals surface area (Å²) in [5, 5.41) is 2.49. The molecule has 1 amide bonds. The summed E-state index contributed by atoms with van der Waals surface area (Å²) in [6.45, 7) is 0. The van der Waals surface area contributed by atoms with Crippen LogP contribution in [0.4, 0.5) is 4.39 Å². The Balaban J connectivity index is 2.76. The van der Waals surface area contributed by atoms with Crippen LogP contribution in [0.2, 0.25) is 0 Å². The first-order valence-corrected chi connectivity index (χ1v) is 7.11. The molecule has 0 saturated carbocycles. The zero-order valence-corrected chi connectivity index (χ0v) is 11.6. The number of thioether (sulfide) groups is 1. The van der Waals surface area contributed by atoms with Gasteiger partial charge in [0.25, 0.3) is 5.91 Å². The van der Waals surface area contributed by atoms with E-state index in [2.05, 4.69) is 10.1 Å². The zero-order chi connectivity index (χ0) is 14.3. The van der Waals surface area contributed by atoms with E-state index >= 15 is 0 Å². The highest BCUT2D eigenvalue weighted by Gasteiger charge is 2.22. The van der Waals surface area contributed by atoms with Crippen LogP contribution in [0.3, 0.4) is 0 Å². The SMILES string of the molecule is COC(=O)C(CCSC)NC(=O)c1ccccc1F. The smallest absolute Gasteiger partial charge is 0.328 e. The van der Waals surface area contributed by atoms with Gasteiger partial charge >= 0.3 is 5.97 Å². The van der Waals surface area contributed by atoms with Crippen LogP contribution >= 0.6 is 11.8 Å². The minimum absolute atomic E-state index is 0.0828. The third-order valence-electron chi connectivity index (χ3n) is 2.52. The highest BCUT2D eigenvalue weighted by Crippen LogP contribution is 2.08. The molecule has 0 heterocycles. The molecule has 1 N–H and O–H groups in total. The number of rotatable bonds is 6. The number of hydrogen-bond donors (Lipinski definition) is 1. The lowest BCUT2D eigenvalue weighted by molar-refractivity contribution is -0.142. The minimum atomic E-state index is -0.760. The maximum Gasteiger partial charge on any atom is 0.328 e. The summed E-state index contributed by atoms with van der Waals surface area (Å²) in [4.78, 5) is 23.4. The van der Waals surface area contributed by atoms with Gasteiger partial charge in [0.05, 0.1) is 12.7 Å². The van der Waals surface area contributed by atoms with Crippen molar-refractivity contribution in [3.8, 4) is 0 Å². The van der Waals surface area contributed by atoms with Gasteiger partial charge in [-0.15, -0.1) is 0 Å². The molecule has 0 fully saturated rings. The Morgan fingerprint density at radius 2 is 2.11 bits per heavy atom. The number of esters is 1. The van der Waals surface area contributed by atoms with Crippen molar-refractivity contribution in [3.63, 3.8) is 0 Å². The predicted octanol–water partition coefficient (Wildman–Crippen LogP) is 1.85. The Hall–Kier alpha value is -1.56. The molecule has 1 rings (SSSR count). The number of amides is 1. The average Bonchev–Trinajstić information content (AvgIpc) is 2.42. The molecule has 6 heteroatoms. The largest absolute Gasteiger partial charge is 0.467 e. The molecule has 19 heavy (non-hydrogen) atoms. The molecule has 0 aliphatic rings. The number of benzene rings is 1. The Kier molecular flexibility index (Phi) is 6.35. The first-order valence-electron chi connectivity index (χ1n) is 5.72. The lowest BCUT2D eigenvalue weighted by atomic mass is 10.1. The van der Waals surface area contributed by atoms with Crippen molar-refractivity contribution in [1.82, 2.24) is 5.32 Å². The van der Waals surface area contributed by atoms with E-state index in [1.54, 1.807) is 17.8 Å². The first kappa shape index (κ1) is 15.5. The van der Waals surface area contributed by atoms with E-state index in [9.17, 15) is 14.0 Å². The highest BCUT2D eigenvalue weighted by molar-refractivity contribution is 7.98. The molecule has 104 valence electrons. The van der Waals surface area contributed by atoms with Crippen molar-refractivity contribution in [1.29, 1.82) is 0 Å². The Bertz CT molecular complexity index is 453.